The molecule has 1 heterocycles. The maximum Gasteiger partial charge on any atom is 0.416 e. The Kier molecular flexibility index (Phi) is 3.08. The van der Waals surface area contributed by atoms with Gasteiger partial charge in [0.25, 0.3) is 0 Å². The third-order valence-electron chi connectivity index (χ3n) is 2.56. The third kappa shape index (κ3) is 2.21. The first kappa shape index (κ1) is 12.6. The van der Waals surface area contributed by atoms with Crippen molar-refractivity contribution in [1.29, 1.82) is 0 Å². The number of aliphatic hydroxyl groups excluding tert-OH is 1. The molecule has 0 aliphatic carbocycles. The van der Waals surface area contributed by atoms with Crippen molar-refractivity contribution >= 4 is 0 Å². The summed E-state index contributed by atoms with van der Waals surface area (Å²) in [7, 11) is 0. The minimum Gasteiger partial charge on any atom is -0.388 e. The first-order chi connectivity index (χ1) is 8.43. The number of hydrogen-bond acceptors (Lipinski definition) is 3. The molecule has 2 rings (SSSR count). The standard InChI is InChI=1S/C11H10F3N3O/c1-7-2-3-8(4-9(7)11(12,13)14)17-6-15-16-10(17)5-18/h2-4,6,18H,5H2,1H3. The highest BCUT2D eigenvalue weighted by molar-refractivity contribution is 5.42. The van der Waals surface area contributed by atoms with Crippen LogP contribution < -0.4 is 0 Å². The summed E-state index contributed by atoms with van der Waals surface area (Å²) in [5, 5.41) is 16.2. The van der Waals surface area contributed by atoms with Crippen molar-refractivity contribution in [3.05, 3.63) is 41.5 Å². The normalized spacial score (nSPS) is 11.8. The van der Waals surface area contributed by atoms with Gasteiger partial charge >= 0.3 is 6.18 Å². The summed E-state index contributed by atoms with van der Waals surface area (Å²) in [4.78, 5) is 0. The van der Waals surface area contributed by atoms with Gasteiger partial charge in [0.2, 0.25) is 0 Å². The topological polar surface area (TPSA) is 50.9 Å². The van der Waals surface area contributed by atoms with Crippen molar-refractivity contribution in [1.82, 2.24) is 14.8 Å². The fourth-order valence-corrected chi connectivity index (χ4v) is 1.65. The molecule has 1 N–H and O–H groups in total. The third-order valence-corrected chi connectivity index (χ3v) is 2.56. The van der Waals surface area contributed by atoms with Crippen LogP contribution in [0.3, 0.4) is 0 Å². The van der Waals surface area contributed by atoms with Crippen LogP contribution in [0.1, 0.15) is 17.0 Å². The molecule has 7 heteroatoms. The van der Waals surface area contributed by atoms with Crippen molar-refractivity contribution in [2.24, 2.45) is 0 Å². The summed E-state index contributed by atoms with van der Waals surface area (Å²) in [5.74, 6) is 0.187. The first-order valence-corrected chi connectivity index (χ1v) is 5.11. The second-order valence-electron chi connectivity index (χ2n) is 3.77. The molecule has 0 bridgehead atoms. The largest absolute Gasteiger partial charge is 0.416 e. The van der Waals surface area contributed by atoms with Gasteiger partial charge in [-0.2, -0.15) is 13.2 Å². The molecule has 0 unspecified atom stereocenters. The van der Waals surface area contributed by atoms with Gasteiger partial charge in [0, 0.05) is 5.69 Å². The van der Waals surface area contributed by atoms with Crippen LogP contribution in [0.4, 0.5) is 13.2 Å². The molecular formula is C11H10F3N3O. The van der Waals surface area contributed by atoms with Gasteiger partial charge in [-0.1, -0.05) is 6.07 Å². The van der Waals surface area contributed by atoms with E-state index >= 15 is 0 Å². The molecule has 0 spiro atoms. The Labute approximate surface area is 101 Å². The van der Waals surface area contributed by atoms with Crippen LogP contribution in [-0.4, -0.2) is 19.9 Å². The molecule has 0 atom stereocenters. The molecule has 0 saturated carbocycles. The van der Waals surface area contributed by atoms with Gasteiger partial charge < -0.3 is 5.11 Å². The molecular weight excluding hydrogens is 247 g/mol. The highest BCUT2D eigenvalue weighted by atomic mass is 19.4. The van der Waals surface area contributed by atoms with E-state index in [9.17, 15) is 13.2 Å². The van der Waals surface area contributed by atoms with E-state index in [4.69, 9.17) is 5.11 Å². The Balaban J connectivity index is 2.54. The van der Waals surface area contributed by atoms with Crippen molar-refractivity contribution < 1.29 is 18.3 Å². The minimum atomic E-state index is -4.41. The predicted octanol–water partition coefficient (Wildman–Crippen LogP) is 2.09. The van der Waals surface area contributed by atoms with Gasteiger partial charge in [-0.15, -0.1) is 10.2 Å². The molecule has 0 saturated heterocycles. The predicted molar refractivity (Wildman–Crippen MR) is 57.0 cm³/mol. The zero-order valence-electron chi connectivity index (χ0n) is 9.44. The van der Waals surface area contributed by atoms with Crippen LogP contribution in [0.2, 0.25) is 0 Å². The lowest BCUT2D eigenvalue weighted by atomic mass is 10.1. The fourth-order valence-electron chi connectivity index (χ4n) is 1.65. The molecule has 2 aromatic rings. The average molecular weight is 257 g/mol. The van der Waals surface area contributed by atoms with E-state index in [2.05, 4.69) is 10.2 Å². The number of halogens is 3. The Morgan fingerprint density at radius 1 is 1.33 bits per heavy atom. The van der Waals surface area contributed by atoms with Gasteiger partial charge in [0.05, 0.1) is 5.56 Å². The molecule has 18 heavy (non-hydrogen) atoms. The van der Waals surface area contributed by atoms with Crippen molar-refractivity contribution in [3.63, 3.8) is 0 Å². The van der Waals surface area contributed by atoms with Crippen molar-refractivity contribution in [3.8, 4) is 5.69 Å². The summed E-state index contributed by atoms with van der Waals surface area (Å²) in [6.07, 6.45) is -3.15. The number of aryl methyl sites for hydroxylation is 1. The van der Waals surface area contributed by atoms with Crippen LogP contribution in [0, 0.1) is 6.92 Å². The Bertz CT molecular complexity index is 563. The molecule has 1 aromatic carbocycles. The zero-order valence-corrected chi connectivity index (χ0v) is 9.44. The van der Waals surface area contributed by atoms with E-state index in [-0.39, 0.29) is 17.1 Å². The van der Waals surface area contributed by atoms with Gasteiger partial charge in [-0.3, -0.25) is 4.57 Å². The lowest BCUT2D eigenvalue weighted by Gasteiger charge is -2.13. The Morgan fingerprint density at radius 2 is 2.06 bits per heavy atom. The number of alkyl halides is 3. The average Bonchev–Trinajstić information content (AvgIpc) is 2.76. The lowest BCUT2D eigenvalue weighted by Crippen LogP contribution is -2.09. The fraction of sp³-hybridized carbons (Fsp3) is 0.273. The number of rotatable bonds is 2. The van der Waals surface area contributed by atoms with Gasteiger partial charge in [-0.05, 0) is 24.6 Å². The maximum atomic E-state index is 12.8. The molecule has 96 valence electrons. The quantitative estimate of drug-likeness (QED) is 0.896. The Morgan fingerprint density at radius 3 is 2.67 bits per heavy atom. The maximum absolute atomic E-state index is 12.8. The number of aliphatic hydroxyl groups is 1. The number of aromatic nitrogens is 3. The minimum absolute atomic E-state index is 0.143. The highest BCUT2D eigenvalue weighted by Crippen LogP contribution is 2.33. The summed E-state index contributed by atoms with van der Waals surface area (Å²) in [6.45, 7) is 1.00. The van der Waals surface area contributed by atoms with Crippen molar-refractivity contribution in [2.45, 2.75) is 19.7 Å². The first-order valence-electron chi connectivity index (χ1n) is 5.11. The number of benzene rings is 1. The van der Waals surface area contributed by atoms with Crippen LogP contribution in [0.15, 0.2) is 24.5 Å². The van der Waals surface area contributed by atoms with E-state index in [0.29, 0.717) is 0 Å². The van der Waals surface area contributed by atoms with E-state index in [0.717, 1.165) is 6.07 Å². The molecule has 0 amide bonds. The monoisotopic (exact) mass is 257 g/mol. The van der Waals surface area contributed by atoms with E-state index < -0.39 is 18.3 Å². The number of hydrogen-bond donors (Lipinski definition) is 1. The summed E-state index contributed by atoms with van der Waals surface area (Å²) in [5.41, 5.74) is -0.301. The van der Waals surface area contributed by atoms with Crippen LogP contribution in [0.5, 0.6) is 0 Å². The summed E-state index contributed by atoms with van der Waals surface area (Å²) in [6, 6.07) is 3.91. The van der Waals surface area contributed by atoms with Gasteiger partial charge in [0.15, 0.2) is 5.82 Å². The smallest absolute Gasteiger partial charge is 0.388 e. The molecule has 0 aliphatic heterocycles. The molecule has 0 aliphatic rings. The zero-order chi connectivity index (χ0) is 13.3. The second kappa shape index (κ2) is 4.41. The summed E-state index contributed by atoms with van der Waals surface area (Å²) < 4.78 is 39.6. The molecule has 0 radical (unpaired) electrons. The summed E-state index contributed by atoms with van der Waals surface area (Å²) >= 11 is 0. The number of nitrogens with zero attached hydrogens (tertiary/aromatic N) is 3. The van der Waals surface area contributed by atoms with E-state index in [1.54, 1.807) is 0 Å². The Hall–Kier alpha value is -1.89. The van der Waals surface area contributed by atoms with Crippen LogP contribution in [0.25, 0.3) is 5.69 Å². The molecule has 4 nitrogen and oxygen atoms in total. The van der Waals surface area contributed by atoms with E-state index in [1.165, 1.54) is 30.0 Å². The van der Waals surface area contributed by atoms with Gasteiger partial charge in [0.1, 0.15) is 12.9 Å². The SMILES string of the molecule is Cc1ccc(-n2cnnc2CO)cc1C(F)(F)F. The van der Waals surface area contributed by atoms with Gasteiger partial charge in [-0.25, -0.2) is 0 Å². The highest BCUT2D eigenvalue weighted by Gasteiger charge is 2.32. The molecule has 0 fully saturated rings. The van der Waals surface area contributed by atoms with E-state index in [1.807, 2.05) is 0 Å². The van der Waals surface area contributed by atoms with Crippen molar-refractivity contribution in [2.75, 3.05) is 0 Å². The van der Waals surface area contributed by atoms with Crippen LogP contribution >= 0.6 is 0 Å². The molecule has 1 aromatic heterocycles. The second-order valence-corrected chi connectivity index (χ2v) is 3.77. The van der Waals surface area contributed by atoms with Crippen LogP contribution in [-0.2, 0) is 12.8 Å². The lowest BCUT2D eigenvalue weighted by molar-refractivity contribution is -0.138.